The number of benzene rings is 2. The maximum absolute atomic E-state index is 13.0. The molecule has 1 heterocycles. The molecule has 4 nitrogen and oxygen atoms in total. The van der Waals surface area contributed by atoms with Crippen molar-refractivity contribution in [3.63, 3.8) is 0 Å². The van der Waals surface area contributed by atoms with E-state index in [2.05, 4.69) is 5.32 Å². The smallest absolute Gasteiger partial charge is 0.343 e. The van der Waals surface area contributed by atoms with Crippen molar-refractivity contribution in [1.29, 1.82) is 0 Å². The highest BCUT2D eigenvalue weighted by atomic mass is 19.4. The third-order valence-corrected chi connectivity index (χ3v) is 4.29. The number of anilines is 1. The van der Waals surface area contributed by atoms with Gasteiger partial charge in [-0.15, -0.1) is 0 Å². The fraction of sp³-hybridized carbons (Fsp3) is 0.263. The van der Waals surface area contributed by atoms with Crippen LogP contribution in [0.4, 0.5) is 18.9 Å². The molecule has 0 radical (unpaired) electrons. The van der Waals surface area contributed by atoms with Gasteiger partial charge in [-0.05, 0) is 36.6 Å². The van der Waals surface area contributed by atoms with Crippen molar-refractivity contribution in [2.45, 2.75) is 19.0 Å². The third kappa shape index (κ3) is 3.71. The van der Waals surface area contributed by atoms with Gasteiger partial charge in [-0.1, -0.05) is 30.3 Å². The molecule has 7 heteroatoms. The molecule has 0 fully saturated rings. The van der Waals surface area contributed by atoms with E-state index in [9.17, 15) is 22.8 Å². The minimum atomic E-state index is -4.64. The fourth-order valence-corrected chi connectivity index (χ4v) is 3.07. The van der Waals surface area contributed by atoms with Crippen molar-refractivity contribution in [2.24, 2.45) is 0 Å². The number of alkyl halides is 3. The van der Waals surface area contributed by atoms with E-state index in [0.29, 0.717) is 6.54 Å². The SMILES string of the molecule is O=C(NCC(=O)N1CCCc2ccccc21)c1ccccc1C(F)(F)F. The Labute approximate surface area is 148 Å². The van der Waals surface area contributed by atoms with Gasteiger partial charge in [0.15, 0.2) is 0 Å². The molecule has 2 amide bonds. The lowest BCUT2D eigenvalue weighted by Crippen LogP contribution is -2.42. The summed E-state index contributed by atoms with van der Waals surface area (Å²) >= 11 is 0. The average molecular weight is 362 g/mol. The number of carbonyl (C=O) groups is 2. The topological polar surface area (TPSA) is 49.4 Å². The number of hydrogen-bond acceptors (Lipinski definition) is 2. The van der Waals surface area contributed by atoms with Crippen molar-refractivity contribution in [3.8, 4) is 0 Å². The molecule has 1 N–H and O–H groups in total. The number of halogens is 3. The van der Waals surface area contributed by atoms with Crippen LogP contribution in [0, 0.1) is 0 Å². The molecule has 1 aliphatic rings. The second-order valence-electron chi connectivity index (χ2n) is 6.00. The molecule has 2 aromatic carbocycles. The molecule has 0 saturated heterocycles. The molecule has 3 rings (SSSR count). The Morgan fingerprint density at radius 2 is 1.73 bits per heavy atom. The summed E-state index contributed by atoms with van der Waals surface area (Å²) in [6.45, 7) is 0.157. The molecule has 0 bridgehead atoms. The molecule has 0 aliphatic carbocycles. The van der Waals surface area contributed by atoms with Crippen molar-refractivity contribution in [3.05, 3.63) is 65.2 Å². The van der Waals surface area contributed by atoms with Crippen LogP contribution in [0.25, 0.3) is 0 Å². The van der Waals surface area contributed by atoms with Gasteiger partial charge in [0.05, 0.1) is 17.7 Å². The third-order valence-electron chi connectivity index (χ3n) is 4.29. The van der Waals surface area contributed by atoms with Gasteiger partial charge in [0.2, 0.25) is 5.91 Å². The van der Waals surface area contributed by atoms with Crippen LogP contribution in [0.3, 0.4) is 0 Å². The molecule has 0 spiro atoms. The molecule has 0 atom stereocenters. The lowest BCUT2D eigenvalue weighted by molar-refractivity contribution is -0.137. The molecular formula is C19H17F3N2O2. The first-order chi connectivity index (χ1) is 12.4. The summed E-state index contributed by atoms with van der Waals surface area (Å²) in [4.78, 5) is 26.2. The van der Waals surface area contributed by atoms with Gasteiger partial charge in [-0.2, -0.15) is 13.2 Å². The largest absolute Gasteiger partial charge is 0.417 e. The van der Waals surface area contributed by atoms with Gasteiger partial charge in [0.25, 0.3) is 5.91 Å². The Bertz CT molecular complexity index is 834. The van der Waals surface area contributed by atoms with Gasteiger partial charge in [0, 0.05) is 12.2 Å². The molecule has 26 heavy (non-hydrogen) atoms. The second kappa shape index (κ2) is 7.19. The van der Waals surface area contributed by atoms with E-state index in [-0.39, 0.29) is 12.5 Å². The summed E-state index contributed by atoms with van der Waals surface area (Å²) in [5, 5.41) is 2.31. The predicted octanol–water partition coefficient (Wildman–Crippen LogP) is 3.41. The van der Waals surface area contributed by atoms with Crippen LogP contribution in [0.2, 0.25) is 0 Å². The van der Waals surface area contributed by atoms with E-state index >= 15 is 0 Å². The standard InChI is InChI=1S/C19H17F3N2O2/c20-19(21,22)15-9-3-2-8-14(15)18(26)23-12-17(25)24-11-5-7-13-6-1-4-10-16(13)24/h1-4,6,8-10H,5,7,11-12H2,(H,23,26). The van der Waals surface area contributed by atoms with Gasteiger partial charge in [0.1, 0.15) is 0 Å². The van der Waals surface area contributed by atoms with Crippen molar-refractivity contribution < 1.29 is 22.8 Å². The highest BCUT2D eigenvalue weighted by Crippen LogP contribution is 2.31. The van der Waals surface area contributed by atoms with E-state index in [1.54, 1.807) is 4.90 Å². The highest BCUT2D eigenvalue weighted by Gasteiger charge is 2.35. The van der Waals surface area contributed by atoms with Crippen LogP contribution in [-0.2, 0) is 17.4 Å². The van der Waals surface area contributed by atoms with Crippen LogP contribution in [0.5, 0.6) is 0 Å². The van der Waals surface area contributed by atoms with Gasteiger partial charge in [-0.3, -0.25) is 9.59 Å². The summed E-state index contributed by atoms with van der Waals surface area (Å²) in [5.74, 6) is -1.27. The number of aryl methyl sites for hydroxylation is 1. The zero-order valence-corrected chi connectivity index (χ0v) is 13.8. The van der Waals surface area contributed by atoms with E-state index in [1.165, 1.54) is 12.1 Å². The monoisotopic (exact) mass is 362 g/mol. The molecular weight excluding hydrogens is 345 g/mol. The minimum Gasteiger partial charge on any atom is -0.343 e. The number of carbonyl (C=O) groups excluding carboxylic acids is 2. The Balaban J connectivity index is 1.71. The maximum Gasteiger partial charge on any atom is 0.417 e. The molecule has 0 unspecified atom stereocenters. The van der Waals surface area contributed by atoms with Gasteiger partial charge < -0.3 is 10.2 Å². The highest BCUT2D eigenvalue weighted by molar-refractivity contribution is 6.01. The number of rotatable bonds is 3. The van der Waals surface area contributed by atoms with Gasteiger partial charge in [-0.25, -0.2) is 0 Å². The van der Waals surface area contributed by atoms with E-state index in [1.807, 2.05) is 24.3 Å². The van der Waals surface area contributed by atoms with E-state index in [4.69, 9.17) is 0 Å². The number of hydrogen-bond donors (Lipinski definition) is 1. The summed E-state index contributed by atoms with van der Waals surface area (Å²) in [6.07, 6.45) is -2.97. The lowest BCUT2D eigenvalue weighted by Gasteiger charge is -2.29. The lowest BCUT2D eigenvalue weighted by atomic mass is 10.0. The predicted molar refractivity (Wildman–Crippen MR) is 90.9 cm³/mol. The molecule has 0 aromatic heterocycles. The Morgan fingerprint density at radius 3 is 2.50 bits per heavy atom. The molecule has 1 aliphatic heterocycles. The first-order valence-corrected chi connectivity index (χ1v) is 8.20. The van der Waals surface area contributed by atoms with Crippen LogP contribution in [0.1, 0.15) is 27.9 Å². The van der Waals surface area contributed by atoms with E-state index in [0.717, 1.165) is 36.2 Å². The van der Waals surface area contributed by atoms with Crippen LogP contribution >= 0.6 is 0 Å². The molecule has 136 valence electrons. The van der Waals surface area contributed by atoms with Crippen molar-refractivity contribution in [2.75, 3.05) is 18.0 Å². The zero-order valence-electron chi connectivity index (χ0n) is 13.8. The summed E-state index contributed by atoms with van der Waals surface area (Å²) in [7, 11) is 0. The Hall–Kier alpha value is -2.83. The molecule has 2 aromatic rings. The van der Waals surface area contributed by atoms with Crippen LogP contribution in [0.15, 0.2) is 48.5 Å². The number of amides is 2. The first-order valence-electron chi connectivity index (χ1n) is 8.20. The van der Waals surface area contributed by atoms with E-state index < -0.39 is 23.2 Å². The average Bonchev–Trinajstić information content (AvgIpc) is 2.64. The second-order valence-corrected chi connectivity index (χ2v) is 6.00. The summed E-state index contributed by atoms with van der Waals surface area (Å²) in [5.41, 5.74) is 0.314. The Morgan fingerprint density at radius 1 is 1.04 bits per heavy atom. The Kier molecular flexibility index (Phi) is 4.97. The number of fused-ring (bicyclic) bond motifs is 1. The van der Waals surface area contributed by atoms with Crippen molar-refractivity contribution >= 4 is 17.5 Å². The van der Waals surface area contributed by atoms with Crippen molar-refractivity contribution in [1.82, 2.24) is 5.32 Å². The number of para-hydroxylation sites is 1. The van der Waals surface area contributed by atoms with Crippen LogP contribution in [-0.4, -0.2) is 24.9 Å². The summed E-state index contributed by atoms with van der Waals surface area (Å²) < 4.78 is 39.0. The number of nitrogens with one attached hydrogen (secondary N) is 1. The minimum absolute atomic E-state index is 0.352. The number of nitrogens with zero attached hydrogens (tertiary/aromatic N) is 1. The quantitative estimate of drug-likeness (QED) is 0.910. The fourth-order valence-electron chi connectivity index (χ4n) is 3.07. The first kappa shape index (κ1) is 18.0. The molecule has 0 saturated carbocycles. The van der Waals surface area contributed by atoms with Crippen LogP contribution < -0.4 is 10.2 Å². The summed E-state index contributed by atoms with van der Waals surface area (Å²) in [6, 6.07) is 12.0. The zero-order chi connectivity index (χ0) is 18.7. The normalized spacial score (nSPS) is 13.9. The van der Waals surface area contributed by atoms with Gasteiger partial charge >= 0.3 is 6.18 Å². The maximum atomic E-state index is 13.0.